The zero-order valence-corrected chi connectivity index (χ0v) is 52.4. The molecule has 6 amide bonds. The largest absolute Gasteiger partial charge is 0.478 e. The number of amides is 6. The maximum absolute atomic E-state index is 14.2. The molecule has 1 N–H and O–H groups in total. The van der Waals surface area contributed by atoms with Crippen molar-refractivity contribution >= 4 is 41.4 Å². The molecule has 0 atom stereocenters. The first kappa shape index (κ1) is 65.4. The quantitative estimate of drug-likeness (QED) is 0.0592. The van der Waals surface area contributed by atoms with Crippen LogP contribution in [-0.2, 0) is 39.3 Å². The van der Waals surface area contributed by atoms with Crippen molar-refractivity contribution in [3.8, 4) is 0 Å². The van der Waals surface area contributed by atoms with Gasteiger partial charge >= 0.3 is 5.97 Å². The number of carboxylic acids is 1. The number of carbonyl (C=O) groups excluding carboxylic acids is 6. The third-order valence-electron chi connectivity index (χ3n) is 15.6. The van der Waals surface area contributed by atoms with Crippen LogP contribution in [0.25, 0.3) is 0 Å². The van der Waals surface area contributed by atoms with E-state index in [2.05, 4.69) is 0 Å². The van der Waals surface area contributed by atoms with Gasteiger partial charge in [-0.15, -0.1) is 0 Å². The average Bonchev–Trinajstić information content (AvgIpc) is 2.17. The smallest absolute Gasteiger partial charge is 0.335 e. The molecule has 87 heavy (non-hydrogen) atoms. The number of carboxylic acid groups (broad SMARTS) is 1. The van der Waals surface area contributed by atoms with E-state index < -0.39 is 5.97 Å². The lowest BCUT2D eigenvalue weighted by atomic mass is 10.0. The molecule has 454 valence electrons. The van der Waals surface area contributed by atoms with Gasteiger partial charge in [-0.3, -0.25) is 28.8 Å². The Morgan fingerprint density at radius 2 is 0.391 bits per heavy atom. The Balaban J connectivity index is 0.928. The van der Waals surface area contributed by atoms with Gasteiger partial charge in [0, 0.05) is 109 Å². The molecule has 0 spiro atoms. The first-order chi connectivity index (χ1) is 41.4. The van der Waals surface area contributed by atoms with E-state index >= 15 is 0 Å². The van der Waals surface area contributed by atoms with Gasteiger partial charge in [-0.25, -0.2) is 4.79 Å². The highest BCUT2D eigenvalue weighted by Crippen LogP contribution is 2.24. The van der Waals surface area contributed by atoms with E-state index in [4.69, 9.17) is 0 Å². The van der Waals surface area contributed by atoms with Gasteiger partial charge in [0.05, 0.1) is 5.56 Å². The fraction of sp³-hybridized carbons (Fsp3) is 0.329. The molecule has 0 aromatic heterocycles. The fourth-order valence-corrected chi connectivity index (χ4v) is 10.2. The van der Waals surface area contributed by atoms with Crippen molar-refractivity contribution in [2.75, 3.05) is 0 Å². The number of nitrogens with zero attached hydrogens (tertiary/aromatic N) is 6. The van der Waals surface area contributed by atoms with Crippen molar-refractivity contribution in [3.63, 3.8) is 0 Å². The summed E-state index contributed by atoms with van der Waals surface area (Å²) < 4.78 is 0. The molecule has 14 heteroatoms. The summed E-state index contributed by atoms with van der Waals surface area (Å²) in [4.78, 5) is 105. The van der Waals surface area contributed by atoms with Gasteiger partial charge in [-0.1, -0.05) is 91.0 Å². The van der Waals surface area contributed by atoms with E-state index in [0.29, 0.717) is 72.6 Å². The van der Waals surface area contributed by atoms with Crippen LogP contribution in [0, 0.1) is 0 Å². The monoisotopic (exact) mass is 1170 g/mol. The molecule has 0 unspecified atom stereocenters. The molecule has 0 saturated carbocycles. The molecule has 7 aromatic rings. The molecule has 0 saturated heterocycles. The predicted octanol–water partition coefficient (Wildman–Crippen LogP) is 13.7. The summed E-state index contributed by atoms with van der Waals surface area (Å²) in [6, 6.07) is 52.0. The summed E-state index contributed by atoms with van der Waals surface area (Å²) in [5.41, 5.74) is 8.66. The van der Waals surface area contributed by atoms with Gasteiger partial charge < -0.3 is 34.5 Å². The van der Waals surface area contributed by atoms with E-state index in [0.717, 1.165) is 33.4 Å². The van der Waals surface area contributed by atoms with Crippen LogP contribution in [0.5, 0.6) is 0 Å². The summed E-state index contributed by atoms with van der Waals surface area (Å²) in [6.45, 7) is 25.7. The number of hydrogen-bond donors (Lipinski definition) is 1. The highest BCUT2D eigenvalue weighted by atomic mass is 16.4. The van der Waals surface area contributed by atoms with Crippen molar-refractivity contribution < 1.29 is 38.7 Å². The van der Waals surface area contributed by atoms with Gasteiger partial charge in [0.15, 0.2) is 0 Å². The van der Waals surface area contributed by atoms with Crippen LogP contribution in [0.3, 0.4) is 0 Å². The third kappa shape index (κ3) is 17.1. The minimum absolute atomic E-state index is 0.0218. The molecule has 0 aliphatic carbocycles. The molecular formula is C73H84N6O8. The normalized spacial score (nSPS) is 11.3. The zero-order valence-electron chi connectivity index (χ0n) is 52.4. The van der Waals surface area contributed by atoms with E-state index in [1.54, 1.807) is 73.0 Å². The first-order valence-electron chi connectivity index (χ1n) is 30.1. The molecule has 0 bridgehead atoms. The van der Waals surface area contributed by atoms with Gasteiger partial charge in [0.1, 0.15) is 0 Å². The topological polar surface area (TPSA) is 159 Å². The summed E-state index contributed by atoms with van der Waals surface area (Å²) >= 11 is 0. The van der Waals surface area contributed by atoms with Gasteiger partial charge in [-0.05, 0) is 201 Å². The van der Waals surface area contributed by atoms with Crippen LogP contribution < -0.4 is 0 Å². The van der Waals surface area contributed by atoms with Crippen molar-refractivity contribution in [2.45, 2.75) is 159 Å². The van der Waals surface area contributed by atoms with Gasteiger partial charge in [0.2, 0.25) is 0 Å². The molecule has 7 rings (SSSR count). The van der Waals surface area contributed by atoms with Crippen LogP contribution in [0.1, 0.15) is 189 Å². The van der Waals surface area contributed by atoms with Crippen LogP contribution in [0.4, 0.5) is 0 Å². The first-order valence-corrected chi connectivity index (χ1v) is 30.1. The van der Waals surface area contributed by atoms with Crippen molar-refractivity contribution in [1.82, 2.24) is 29.4 Å². The summed E-state index contributed by atoms with van der Waals surface area (Å²) in [5, 5.41) is 9.29. The standard InChI is InChI=1S/C73H84N6O8/c1-48(2)74(67(80)60-16-14-13-15-17-60)42-54-18-30-61(31-19-54)68(81)75(49(3)4)43-55-20-32-62(33-21-55)69(82)76(50(5)6)44-56-22-34-63(35-23-56)70(83)77(51(7)8)45-57-24-36-64(37-25-57)71(84)78(52(9)10)46-58-26-38-65(39-27-58)72(85)79(53(11)12)47-59-28-40-66(41-29-59)73(86)87/h13-41,48-53H,42-47H2,1-12H3,(H,86,87). The van der Waals surface area contributed by atoms with E-state index in [1.165, 1.54) is 12.1 Å². The number of aromatic carboxylic acids is 1. The lowest BCUT2D eigenvalue weighted by molar-refractivity contribution is 0.0677. The van der Waals surface area contributed by atoms with Crippen LogP contribution >= 0.6 is 0 Å². The van der Waals surface area contributed by atoms with Crippen molar-refractivity contribution in [3.05, 3.63) is 248 Å². The Hall–Kier alpha value is -9.17. The second-order valence-electron chi connectivity index (χ2n) is 24.0. The molecule has 0 fully saturated rings. The Labute approximate surface area is 514 Å². The molecule has 0 aliphatic heterocycles. The van der Waals surface area contributed by atoms with Crippen molar-refractivity contribution in [1.29, 1.82) is 0 Å². The number of benzene rings is 7. The lowest BCUT2D eigenvalue weighted by Gasteiger charge is -2.29. The van der Waals surface area contributed by atoms with Crippen LogP contribution in [-0.4, -0.2) is 112 Å². The Bertz CT molecular complexity index is 3470. The average molecular weight is 1170 g/mol. The summed E-state index contributed by atoms with van der Waals surface area (Å²) in [6.07, 6.45) is 0. The zero-order chi connectivity index (χ0) is 63.2. The molecule has 7 aromatic carbocycles. The maximum atomic E-state index is 14.2. The van der Waals surface area contributed by atoms with E-state index in [1.807, 2.05) is 203 Å². The number of rotatable bonds is 25. The molecule has 0 heterocycles. The predicted molar refractivity (Wildman–Crippen MR) is 342 cm³/mol. The van der Waals surface area contributed by atoms with Crippen LogP contribution in [0.15, 0.2) is 176 Å². The minimum Gasteiger partial charge on any atom is -0.478 e. The summed E-state index contributed by atoms with van der Waals surface area (Å²) in [5.74, 6) is -1.75. The number of hydrogen-bond acceptors (Lipinski definition) is 7. The molecular weight excluding hydrogens is 1090 g/mol. The third-order valence-corrected chi connectivity index (χ3v) is 15.6. The second kappa shape index (κ2) is 29.8. The molecule has 0 aliphatic rings. The maximum Gasteiger partial charge on any atom is 0.335 e. The van der Waals surface area contributed by atoms with E-state index in [9.17, 15) is 38.7 Å². The molecule has 14 nitrogen and oxygen atoms in total. The molecule has 0 radical (unpaired) electrons. The summed E-state index contributed by atoms with van der Waals surface area (Å²) in [7, 11) is 0. The lowest BCUT2D eigenvalue weighted by Crippen LogP contribution is -2.37. The second-order valence-corrected chi connectivity index (χ2v) is 24.0. The van der Waals surface area contributed by atoms with Gasteiger partial charge in [0.25, 0.3) is 35.4 Å². The fourth-order valence-electron chi connectivity index (χ4n) is 10.2. The Kier molecular flexibility index (Phi) is 22.4. The van der Waals surface area contributed by atoms with Crippen molar-refractivity contribution in [2.24, 2.45) is 0 Å². The van der Waals surface area contributed by atoms with Crippen LogP contribution in [0.2, 0.25) is 0 Å². The Morgan fingerprint density at radius 1 is 0.241 bits per heavy atom. The number of carbonyl (C=O) groups is 7. The SMILES string of the molecule is CC(C)N(Cc1ccc(C(=O)N(Cc2ccc(C(=O)N(Cc3ccc(C(=O)N(Cc4ccc(C(=O)N(Cc5ccc(C(=O)N(Cc6ccc(C(=O)O)cc6)C(C)C)cc5)C(C)C)cc4)C(C)C)cc3)C(C)C)cc2)C(C)C)cc1)C(=O)c1ccccc1. The minimum atomic E-state index is -1.01. The highest BCUT2D eigenvalue weighted by Gasteiger charge is 2.27. The highest BCUT2D eigenvalue weighted by molar-refractivity contribution is 5.98. The van der Waals surface area contributed by atoms with Gasteiger partial charge in [-0.2, -0.15) is 0 Å². The van der Waals surface area contributed by atoms with E-state index in [-0.39, 0.29) is 77.3 Å². The Morgan fingerprint density at radius 3 is 0.540 bits per heavy atom.